The summed E-state index contributed by atoms with van der Waals surface area (Å²) in [6.07, 6.45) is 4.81. The lowest BCUT2D eigenvalue weighted by Gasteiger charge is -2.23. The van der Waals surface area contributed by atoms with Crippen molar-refractivity contribution in [3.63, 3.8) is 0 Å². The van der Waals surface area contributed by atoms with Crippen molar-refractivity contribution in [3.8, 4) is 22.6 Å². The number of ether oxygens (including phenoxy) is 2. The summed E-state index contributed by atoms with van der Waals surface area (Å²) in [6.45, 7) is 0.679. The third kappa shape index (κ3) is 4.35. The fourth-order valence-corrected chi connectivity index (χ4v) is 3.98. The second-order valence-electron chi connectivity index (χ2n) is 7.97. The van der Waals surface area contributed by atoms with Crippen LogP contribution in [0.25, 0.3) is 22.0 Å². The maximum absolute atomic E-state index is 14.5. The van der Waals surface area contributed by atoms with Gasteiger partial charge < -0.3 is 20.3 Å². The molecule has 2 aromatic heterocycles. The van der Waals surface area contributed by atoms with Crippen LogP contribution in [0, 0.1) is 5.82 Å². The van der Waals surface area contributed by atoms with Crippen LogP contribution in [0.5, 0.6) is 11.5 Å². The predicted octanol–water partition coefficient (Wildman–Crippen LogP) is 5.40. The van der Waals surface area contributed by atoms with Crippen LogP contribution in [0.4, 0.5) is 20.7 Å². The van der Waals surface area contributed by atoms with E-state index in [0.717, 1.165) is 30.2 Å². The number of hydrogen-bond donors (Lipinski definition) is 3. The molecule has 1 aliphatic rings. The Hall–Kier alpha value is -4.18. The maximum Gasteiger partial charge on any atom is 0.410 e. The average molecular weight is 463 g/mol. The number of amides is 1. The Morgan fingerprint density at radius 2 is 2.06 bits per heavy atom. The highest BCUT2D eigenvalue weighted by molar-refractivity contribution is 5.89. The summed E-state index contributed by atoms with van der Waals surface area (Å²) in [5, 5.41) is 16.5. The minimum absolute atomic E-state index is 0.0231. The molecule has 0 bridgehead atoms. The number of fused-ring (bicyclic) bond motifs is 1. The van der Waals surface area contributed by atoms with E-state index in [2.05, 4.69) is 15.4 Å². The molecule has 1 fully saturated rings. The average Bonchev–Trinajstić information content (AvgIpc) is 3.24. The van der Waals surface area contributed by atoms with Crippen molar-refractivity contribution in [3.05, 3.63) is 60.7 Å². The highest BCUT2D eigenvalue weighted by Gasteiger charge is 2.21. The molecule has 1 aliphatic heterocycles. The van der Waals surface area contributed by atoms with Crippen LogP contribution < -0.4 is 15.8 Å². The molecule has 2 aromatic carbocycles. The molecule has 34 heavy (non-hydrogen) atoms. The molecule has 0 aliphatic carbocycles. The van der Waals surface area contributed by atoms with Gasteiger partial charge >= 0.3 is 6.09 Å². The molecule has 1 unspecified atom stereocenters. The molecule has 9 nitrogen and oxygen atoms in total. The number of pyridine rings is 1. The highest BCUT2D eigenvalue weighted by Crippen LogP contribution is 2.39. The van der Waals surface area contributed by atoms with Crippen molar-refractivity contribution in [2.45, 2.75) is 25.5 Å². The molecule has 4 N–H and O–H groups in total. The third-order valence-electron chi connectivity index (χ3n) is 5.61. The number of carboxylic acid groups (broad SMARTS) is 1. The third-order valence-corrected chi connectivity index (χ3v) is 5.61. The van der Waals surface area contributed by atoms with Crippen LogP contribution in [-0.4, -0.2) is 32.6 Å². The topological polar surface area (TPSA) is 125 Å². The van der Waals surface area contributed by atoms with Gasteiger partial charge in [0.15, 0.2) is 17.8 Å². The summed E-state index contributed by atoms with van der Waals surface area (Å²) in [6, 6.07) is 11.2. The number of nitrogens with two attached hydrogens (primary N) is 1. The molecule has 174 valence electrons. The zero-order valence-corrected chi connectivity index (χ0v) is 18.1. The molecule has 10 heteroatoms. The van der Waals surface area contributed by atoms with E-state index in [1.54, 1.807) is 30.5 Å². The zero-order chi connectivity index (χ0) is 23.7. The van der Waals surface area contributed by atoms with Gasteiger partial charge in [0.25, 0.3) is 0 Å². The molecule has 0 saturated carbocycles. The van der Waals surface area contributed by atoms with E-state index in [9.17, 15) is 9.18 Å². The normalized spacial score (nSPS) is 15.9. The summed E-state index contributed by atoms with van der Waals surface area (Å²) in [5.41, 5.74) is 8.08. The number of hydrogen-bond acceptors (Lipinski definition) is 6. The smallest absolute Gasteiger partial charge is 0.410 e. The largest absolute Gasteiger partial charge is 0.465 e. The summed E-state index contributed by atoms with van der Waals surface area (Å²) in [4.78, 5) is 15.1. The van der Waals surface area contributed by atoms with Crippen molar-refractivity contribution in [1.82, 2.24) is 14.8 Å². The molecule has 4 aromatic rings. The molecule has 1 amide bonds. The van der Waals surface area contributed by atoms with Gasteiger partial charge in [-0.1, -0.05) is 0 Å². The molecule has 1 atom stereocenters. The fourth-order valence-electron chi connectivity index (χ4n) is 3.98. The SMILES string of the molecule is Nc1ccc(Oc2cc3cnn(C4CCCCO4)c3cc2-c2ccc(NC(=O)O)nc2)c(F)c1. The summed E-state index contributed by atoms with van der Waals surface area (Å²) < 4.78 is 28.2. The first kappa shape index (κ1) is 21.7. The monoisotopic (exact) mass is 463 g/mol. The van der Waals surface area contributed by atoms with E-state index in [1.165, 1.54) is 18.3 Å². The molecule has 0 spiro atoms. The van der Waals surface area contributed by atoms with Crippen LogP contribution in [0.1, 0.15) is 25.5 Å². The van der Waals surface area contributed by atoms with Gasteiger partial charge in [-0.25, -0.2) is 18.9 Å². The molecule has 1 saturated heterocycles. The Morgan fingerprint density at radius 3 is 2.76 bits per heavy atom. The molecular weight excluding hydrogens is 441 g/mol. The van der Waals surface area contributed by atoms with E-state index < -0.39 is 11.9 Å². The Bertz CT molecular complexity index is 1350. The number of anilines is 2. The number of nitrogens with zero attached hydrogens (tertiary/aromatic N) is 3. The second kappa shape index (κ2) is 8.99. The highest BCUT2D eigenvalue weighted by atomic mass is 19.1. The van der Waals surface area contributed by atoms with Gasteiger partial charge in [-0.2, -0.15) is 5.10 Å². The van der Waals surface area contributed by atoms with Gasteiger partial charge in [0, 0.05) is 41.1 Å². The van der Waals surface area contributed by atoms with E-state index in [1.807, 2.05) is 10.7 Å². The maximum atomic E-state index is 14.5. The van der Waals surface area contributed by atoms with E-state index in [4.69, 9.17) is 20.3 Å². The molecular formula is C24H22FN5O4. The van der Waals surface area contributed by atoms with Crippen molar-refractivity contribution < 1.29 is 23.8 Å². The van der Waals surface area contributed by atoms with Gasteiger partial charge in [-0.15, -0.1) is 0 Å². The quantitative estimate of drug-likeness (QED) is 0.338. The van der Waals surface area contributed by atoms with Crippen LogP contribution in [-0.2, 0) is 4.74 Å². The van der Waals surface area contributed by atoms with Gasteiger partial charge in [0.1, 0.15) is 11.6 Å². The van der Waals surface area contributed by atoms with E-state index in [-0.39, 0.29) is 17.8 Å². The van der Waals surface area contributed by atoms with E-state index >= 15 is 0 Å². The number of aromatic nitrogens is 3. The minimum Gasteiger partial charge on any atom is -0.465 e. The number of halogens is 1. The van der Waals surface area contributed by atoms with E-state index in [0.29, 0.717) is 29.2 Å². The first-order chi connectivity index (χ1) is 16.5. The first-order valence-corrected chi connectivity index (χ1v) is 10.8. The van der Waals surface area contributed by atoms with Gasteiger partial charge in [-0.3, -0.25) is 5.32 Å². The Kier molecular flexibility index (Phi) is 5.72. The van der Waals surface area contributed by atoms with Gasteiger partial charge in [0.2, 0.25) is 0 Å². The van der Waals surface area contributed by atoms with Crippen molar-refractivity contribution >= 4 is 28.5 Å². The van der Waals surface area contributed by atoms with Crippen LogP contribution in [0.15, 0.2) is 54.9 Å². The molecule has 0 radical (unpaired) electrons. The van der Waals surface area contributed by atoms with Crippen LogP contribution >= 0.6 is 0 Å². The van der Waals surface area contributed by atoms with Gasteiger partial charge in [0.05, 0.1) is 11.7 Å². The first-order valence-electron chi connectivity index (χ1n) is 10.8. The number of rotatable bonds is 5. The lowest BCUT2D eigenvalue weighted by atomic mass is 10.0. The summed E-state index contributed by atoms with van der Waals surface area (Å²) in [7, 11) is 0. The lowest BCUT2D eigenvalue weighted by molar-refractivity contribution is -0.0366. The Labute approximate surface area is 193 Å². The lowest BCUT2D eigenvalue weighted by Crippen LogP contribution is -2.18. The van der Waals surface area contributed by atoms with Crippen molar-refractivity contribution in [2.75, 3.05) is 17.7 Å². The number of benzene rings is 2. The molecule has 5 rings (SSSR count). The van der Waals surface area contributed by atoms with Crippen LogP contribution in [0.2, 0.25) is 0 Å². The number of carbonyl (C=O) groups is 1. The predicted molar refractivity (Wildman–Crippen MR) is 124 cm³/mol. The van der Waals surface area contributed by atoms with Gasteiger partial charge in [-0.05, 0) is 55.7 Å². The number of nitrogen functional groups attached to an aromatic ring is 1. The number of nitrogens with one attached hydrogen (secondary N) is 1. The van der Waals surface area contributed by atoms with Crippen molar-refractivity contribution in [2.24, 2.45) is 0 Å². The minimum atomic E-state index is -1.21. The summed E-state index contributed by atoms with van der Waals surface area (Å²) in [5.74, 6) is 0.0115. The fraction of sp³-hybridized carbons (Fsp3) is 0.208. The second-order valence-corrected chi connectivity index (χ2v) is 7.97. The van der Waals surface area contributed by atoms with Crippen molar-refractivity contribution in [1.29, 1.82) is 0 Å². The Balaban J connectivity index is 1.60. The summed E-state index contributed by atoms with van der Waals surface area (Å²) >= 11 is 0. The Morgan fingerprint density at radius 1 is 1.18 bits per heavy atom. The zero-order valence-electron chi connectivity index (χ0n) is 18.1. The standard InChI is InChI=1S/C24H22FN5O4/c25-18-10-16(26)5-6-20(18)34-21-9-15-13-28-30(23-3-1-2-8-33-23)19(15)11-17(21)14-4-7-22(27-12-14)29-24(31)32/h4-7,9-13,23H,1-3,8,26H2,(H,27,29)(H,31,32). The van der Waals surface area contributed by atoms with Crippen LogP contribution in [0.3, 0.4) is 0 Å². The molecule has 3 heterocycles.